The summed E-state index contributed by atoms with van der Waals surface area (Å²) in [5.41, 5.74) is 0.708. The molecule has 0 saturated carbocycles. The molecule has 2 aromatic rings. The van der Waals surface area contributed by atoms with Crippen LogP contribution >= 0.6 is 0 Å². The average Bonchev–Trinajstić information content (AvgIpc) is 3.23. The highest BCUT2D eigenvalue weighted by Gasteiger charge is 2.25. The molecule has 0 unspecified atom stereocenters. The number of sulfone groups is 1. The molecule has 1 aromatic heterocycles. The molecule has 10 heteroatoms. The monoisotopic (exact) mass is 392 g/mol. The summed E-state index contributed by atoms with van der Waals surface area (Å²) < 4.78 is 24.8. The number of benzene rings is 1. The Balaban J connectivity index is 1.66. The Labute approximate surface area is 158 Å². The maximum Gasteiger partial charge on any atom is 0.219 e. The molecule has 9 nitrogen and oxygen atoms in total. The van der Waals surface area contributed by atoms with Gasteiger partial charge in [0.1, 0.15) is 0 Å². The Bertz CT molecular complexity index is 909. The molecule has 27 heavy (non-hydrogen) atoms. The van der Waals surface area contributed by atoms with E-state index in [2.05, 4.69) is 20.4 Å². The van der Waals surface area contributed by atoms with Crippen LogP contribution in [-0.4, -0.2) is 77.3 Å². The van der Waals surface area contributed by atoms with Gasteiger partial charge in [-0.3, -0.25) is 9.69 Å². The Morgan fingerprint density at radius 1 is 1.30 bits per heavy atom. The van der Waals surface area contributed by atoms with Gasteiger partial charge in [-0.05, 0) is 54.1 Å². The van der Waals surface area contributed by atoms with Gasteiger partial charge in [-0.2, -0.15) is 4.68 Å². The van der Waals surface area contributed by atoms with Crippen LogP contribution in [0.5, 0.6) is 0 Å². The summed E-state index contributed by atoms with van der Waals surface area (Å²) in [4.78, 5) is 15.7. The average molecular weight is 392 g/mol. The van der Waals surface area contributed by atoms with Crippen LogP contribution in [0.15, 0.2) is 29.2 Å². The third-order valence-corrected chi connectivity index (χ3v) is 5.88. The fourth-order valence-electron chi connectivity index (χ4n) is 3.35. The van der Waals surface area contributed by atoms with Crippen LogP contribution in [0, 0.1) is 5.92 Å². The lowest BCUT2D eigenvalue weighted by atomic mass is 10.1. The number of aromatic nitrogens is 4. The first kappa shape index (κ1) is 19.4. The summed E-state index contributed by atoms with van der Waals surface area (Å²) in [6.45, 7) is 4.62. The lowest BCUT2D eigenvalue weighted by Gasteiger charge is -2.20. The number of hydrogen-bond acceptors (Lipinski definition) is 7. The zero-order valence-electron chi connectivity index (χ0n) is 15.7. The molecule has 1 aliphatic heterocycles. The number of carbonyl (C=O) groups excluding carboxylic acids is 1. The van der Waals surface area contributed by atoms with Crippen molar-refractivity contribution >= 4 is 15.7 Å². The van der Waals surface area contributed by atoms with Gasteiger partial charge in [0.2, 0.25) is 5.91 Å². The van der Waals surface area contributed by atoms with E-state index >= 15 is 0 Å². The normalized spacial score (nSPS) is 17.6. The maximum atomic E-state index is 11.6. The highest BCUT2D eigenvalue weighted by Crippen LogP contribution is 2.18. The number of carbonyl (C=O) groups is 1. The van der Waals surface area contributed by atoms with Crippen molar-refractivity contribution in [2.75, 3.05) is 32.9 Å². The van der Waals surface area contributed by atoms with Crippen molar-refractivity contribution < 1.29 is 13.2 Å². The predicted octanol–water partition coefficient (Wildman–Crippen LogP) is 0.366. The Hall–Kier alpha value is -2.33. The van der Waals surface area contributed by atoms with Crippen LogP contribution in [0.3, 0.4) is 0 Å². The van der Waals surface area contributed by atoms with Crippen LogP contribution in [0.2, 0.25) is 0 Å². The summed E-state index contributed by atoms with van der Waals surface area (Å²) >= 11 is 0. The van der Waals surface area contributed by atoms with Crippen molar-refractivity contribution in [2.24, 2.45) is 5.92 Å². The van der Waals surface area contributed by atoms with Gasteiger partial charge >= 0.3 is 0 Å². The highest BCUT2D eigenvalue weighted by molar-refractivity contribution is 7.90. The summed E-state index contributed by atoms with van der Waals surface area (Å²) in [7, 11) is -1.24. The second kappa shape index (κ2) is 7.73. The summed E-state index contributed by atoms with van der Waals surface area (Å²) in [6, 6.07) is 6.49. The van der Waals surface area contributed by atoms with Gasteiger partial charge in [0.25, 0.3) is 0 Å². The molecular weight excluding hydrogens is 368 g/mol. The molecule has 0 spiro atoms. The van der Waals surface area contributed by atoms with Crippen molar-refractivity contribution in [1.82, 2.24) is 30.0 Å². The molecule has 3 rings (SSSR count). The van der Waals surface area contributed by atoms with Gasteiger partial charge in [0.15, 0.2) is 15.7 Å². The molecule has 0 aliphatic carbocycles. The number of nitrogens with zero attached hydrogens (tertiary/aromatic N) is 6. The minimum Gasteiger partial charge on any atom is -0.343 e. The van der Waals surface area contributed by atoms with E-state index in [1.54, 1.807) is 35.9 Å². The van der Waals surface area contributed by atoms with Gasteiger partial charge < -0.3 is 4.90 Å². The highest BCUT2D eigenvalue weighted by atomic mass is 32.2. The Morgan fingerprint density at radius 3 is 2.59 bits per heavy atom. The SMILES string of the molecule is CC(=O)N1CC[C@H](CN(C)Cc2nnnn2-c2ccc(S(C)(=O)=O)cc2)C1. The number of amides is 1. The van der Waals surface area contributed by atoms with Gasteiger partial charge in [-0.15, -0.1) is 5.10 Å². The van der Waals surface area contributed by atoms with E-state index in [1.165, 1.54) is 6.26 Å². The fraction of sp³-hybridized carbons (Fsp3) is 0.529. The second-order valence-electron chi connectivity index (χ2n) is 7.09. The van der Waals surface area contributed by atoms with Crippen LogP contribution in [-0.2, 0) is 21.2 Å². The lowest BCUT2D eigenvalue weighted by Crippen LogP contribution is -2.30. The first-order valence-corrected chi connectivity index (χ1v) is 10.6. The van der Waals surface area contributed by atoms with Gasteiger partial charge in [-0.1, -0.05) is 0 Å². The van der Waals surface area contributed by atoms with Crippen LogP contribution in [0.1, 0.15) is 19.2 Å². The Morgan fingerprint density at radius 2 is 2.00 bits per heavy atom. The molecule has 1 aromatic carbocycles. The molecule has 146 valence electrons. The predicted molar refractivity (Wildman–Crippen MR) is 99.0 cm³/mol. The number of tetrazole rings is 1. The summed E-state index contributed by atoms with van der Waals surface area (Å²) in [5, 5.41) is 11.9. The van der Waals surface area contributed by atoms with Crippen LogP contribution < -0.4 is 0 Å². The van der Waals surface area contributed by atoms with E-state index in [0.29, 0.717) is 24.0 Å². The van der Waals surface area contributed by atoms with Crippen LogP contribution in [0.4, 0.5) is 0 Å². The van der Waals surface area contributed by atoms with E-state index in [1.807, 2.05) is 11.9 Å². The molecule has 0 radical (unpaired) electrons. The smallest absolute Gasteiger partial charge is 0.219 e. The first-order valence-electron chi connectivity index (χ1n) is 8.76. The Kier molecular flexibility index (Phi) is 5.56. The van der Waals surface area contributed by atoms with Crippen LogP contribution in [0.25, 0.3) is 5.69 Å². The molecule has 0 N–H and O–H groups in total. The van der Waals surface area contributed by atoms with Crippen molar-refractivity contribution in [1.29, 1.82) is 0 Å². The molecule has 1 amide bonds. The number of rotatable bonds is 6. The number of hydrogen-bond donors (Lipinski definition) is 0. The minimum absolute atomic E-state index is 0.127. The molecular formula is C17H24N6O3S. The molecule has 1 aliphatic rings. The van der Waals surface area contributed by atoms with Gasteiger partial charge in [0.05, 0.1) is 17.1 Å². The zero-order chi connectivity index (χ0) is 19.6. The molecule has 1 atom stereocenters. The van der Waals surface area contributed by atoms with Gasteiger partial charge in [0, 0.05) is 32.8 Å². The van der Waals surface area contributed by atoms with Crippen molar-refractivity contribution in [3.8, 4) is 5.69 Å². The van der Waals surface area contributed by atoms with E-state index in [4.69, 9.17) is 0 Å². The zero-order valence-corrected chi connectivity index (χ0v) is 16.6. The second-order valence-corrected chi connectivity index (χ2v) is 9.11. The molecule has 2 heterocycles. The third kappa shape index (κ3) is 4.69. The number of likely N-dealkylation sites (tertiary alicyclic amines) is 1. The lowest BCUT2D eigenvalue weighted by molar-refractivity contribution is -0.127. The minimum atomic E-state index is -3.24. The quantitative estimate of drug-likeness (QED) is 0.700. The summed E-state index contributed by atoms with van der Waals surface area (Å²) in [5.74, 6) is 1.24. The topological polar surface area (TPSA) is 101 Å². The fourth-order valence-corrected chi connectivity index (χ4v) is 3.98. The van der Waals surface area contributed by atoms with Gasteiger partial charge in [-0.25, -0.2) is 8.42 Å². The molecule has 1 fully saturated rings. The largest absolute Gasteiger partial charge is 0.343 e. The summed E-state index contributed by atoms with van der Waals surface area (Å²) in [6.07, 6.45) is 2.18. The van der Waals surface area contributed by atoms with Crippen molar-refractivity contribution in [3.63, 3.8) is 0 Å². The maximum absolute atomic E-state index is 11.6. The van der Waals surface area contributed by atoms with E-state index < -0.39 is 9.84 Å². The standard InChI is InChI=1S/C17H24N6O3S/c1-13(24)22-9-8-14(11-22)10-21(2)12-17-18-19-20-23(17)15-4-6-16(7-5-15)27(3,25)26/h4-7,14H,8-12H2,1-3H3/t14-/m1/s1. The third-order valence-electron chi connectivity index (χ3n) is 4.76. The van der Waals surface area contributed by atoms with E-state index in [9.17, 15) is 13.2 Å². The first-order chi connectivity index (χ1) is 12.7. The van der Waals surface area contributed by atoms with E-state index in [-0.39, 0.29) is 10.8 Å². The van der Waals surface area contributed by atoms with Crippen molar-refractivity contribution in [3.05, 3.63) is 30.1 Å². The van der Waals surface area contributed by atoms with Crippen molar-refractivity contribution in [2.45, 2.75) is 24.8 Å². The molecule has 0 bridgehead atoms. The van der Waals surface area contributed by atoms with E-state index in [0.717, 1.165) is 26.1 Å². The molecule has 1 saturated heterocycles.